The van der Waals surface area contributed by atoms with E-state index in [1.54, 1.807) is 4.90 Å². The van der Waals surface area contributed by atoms with Gasteiger partial charge in [0.15, 0.2) is 12.4 Å². The monoisotopic (exact) mass is 400 g/mol. The lowest BCUT2D eigenvalue weighted by molar-refractivity contribution is -0.166. The van der Waals surface area contributed by atoms with Crippen LogP contribution in [0.4, 0.5) is 11.9 Å². The lowest BCUT2D eigenvalue weighted by atomic mass is 9.49. The lowest BCUT2D eigenvalue weighted by Gasteiger charge is -2.56. The van der Waals surface area contributed by atoms with E-state index < -0.39 is 12.0 Å². The molecule has 1 amide bonds. The molecule has 29 heavy (non-hydrogen) atoms. The molecule has 5 aliphatic rings. The summed E-state index contributed by atoms with van der Waals surface area (Å²) in [5, 5.41) is 0. The van der Waals surface area contributed by atoms with Gasteiger partial charge in [0.05, 0.1) is 5.41 Å². The largest absolute Gasteiger partial charge is 0.456 e. The molecule has 1 aliphatic heterocycles. The number of carbonyl (C=O) groups excluding carboxylic acids is 2. The number of carbonyl (C=O) groups is 2. The highest BCUT2D eigenvalue weighted by atomic mass is 16.5. The summed E-state index contributed by atoms with van der Waals surface area (Å²) in [5.74, 6) is 2.04. The first-order valence-electron chi connectivity index (χ1n) is 10.7. The van der Waals surface area contributed by atoms with Crippen LogP contribution >= 0.6 is 0 Å². The van der Waals surface area contributed by atoms with Crippen LogP contribution < -0.4 is 11.5 Å². The minimum Gasteiger partial charge on any atom is -0.456 e. The maximum Gasteiger partial charge on any atom is 0.329 e. The van der Waals surface area contributed by atoms with E-state index in [1.807, 2.05) is 0 Å². The normalized spacial score (nSPS) is 35.1. The first-order chi connectivity index (χ1) is 13.9. The SMILES string of the molecule is Nc1nc(N)nc(COC(=O)[C@H]2CCCN2C(=O)C23CC4CC(CC(C4)C2)C3)n1. The Morgan fingerprint density at radius 1 is 1.00 bits per heavy atom. The van der Waals surface area contributed by atoms with Crippen molar-refractivity contribution < 1.29 is 14.3 Å². The fraction of sp³-hybridized carbons (Fsp3) is 0.750. The van der Waals surface area contributed by atoms with Crippen LogP contribution in [0.2, 0.25) is 0 Å². The van der Waals surface area contributed by atoms with Crippen LogP contribution in [-0.4, -0.2) is 44.3 Å². The Hall–Kier alpha value is -2.45. The van der Waals surface area contributed by atoms with Crippen molar-refractivity contribution in [1.29, 1.82) is 0 Å². The van der Waals surface area contributed by atoms with Gasteiger partial charge in [-0.1, -0.05) is 0 Å². The zero-order valence-electron chi connectivity index (χ0n) is 16.5. The highest BCUT2D eigenvalue weighted by molar-refractivity contribution is 5.89. The van der Waals surface area contributed by atoms with Crippen molar-refractivity contribution in [3.8, 4) is 0 Å². The number of hydrogen-bond donors (Lipinski definition) is 2. The highest BCUT2D eigenvalue weighted by Gasteiger charge is 2.56. The van der Waals surface area contributed by atoms with Gasteiger partial charge in [-0.05, 0) is 69.1 Å². The molecular formula is C20H28N6O3. The number of nitrogen functional groups attached to an aromatic ring is 2. The van der Waals surface area contributed by atoms with Gasteiger partial charge in [0.25, 0.3) is 0 Å². The standard InChI is InChI=1S/C20H28N6O3/c21-18-23-15(24-19(22)25-18)10-29-16(27)14-2-1-3-26(14)17(28)20-7-11-4-12(8-20)6-13(5-11)9-20/h11-14H,1-10H2,(H4,21,22,23,24,25)/t11?,12?,13?,14-,20?/m1/s1. The number of aromatic nitrogens is 3. The summed E-state index contributed by atoms with van der Waals surface area (Å²) in [6.45, 7) is 0.498. The molecule has 0 radical (unpaired) electrons. The van der Waals surface area contributed by atoms with Gasteiger partial charge in [0, 0.05) is 6.54 Å². The molecule has 1 aromatic heterocycles. The second-order valence-electron chi connectivity index (χ2n) is 9.43. The molecule has 1 atom stereocenters. The van der Waals surface area contributed by atoms with Crippen LogP contribution in [0.25, 0.3) is 0 Å². The molecule has 4 N–H and O–H groups in total. The summed E-state index contributed by atoms with van der Waals surface area (Å²) in [5.41, 5.74) is 10.9. The van der Waals surface area contributed by atoms with Gasteiger partial charge in [-0.2, -0.15) is 15.0 Å². The molecule has 9 nitrogen and oxygen atoms in total. The molecular weight excluding hydrogens is 372 g/mol. The molecule has 4 aliphatic carbocycles. The average molecular weight is 400 g/mol. The van der Waals surface area contributed by atoms with Gasteiger partial charge in [-0.3, -0.25) is 4.79 Å². The second kappa shape index (κ2) is 6.81. The van der Waals surface area contributed by atoms with Crippen molar-refractivity contribution in [2.24, 2.45) is 23.2 Å². The number of likely N-dealkylation sites (tertiary alicyclic amines) is 1. The van der Waals surface area contributed by atoms with Gasteiger partial charge in [-0.25, -0.2) is 4.79 Å². The lowest BCUT2D eigenvalue weighted by Crippen LogP contribution is -2.56. The molecule has 9 heteroatoms. The van der Waals surface area contributed by atoms with Crippen molar-refractivity contribution >= 4 is 23.8 Å². The Bertz CT molecular complexity index is 788. The number of nitrogens with two attached hydrogens (primary N) is 2. The third-order valence-electron chi connectivity index (χ3n) is 7.34. The zero-order chi connectivity index (χ0) is 20.2. The summed E-state index contributed by atoms with van der Waals surface area (Å²) >= 11 is 0. The molecule has 6 rings (SSSR count). The number of nitrogens with zero attached hydrogens (tertiary/aromatic N) is 4. The number of anilines is 2. The third-order valence-corrected chi connectivity index (χ3v) is 7.34. The minimum absolute atomic E-state index is 0.0111. The Kier molecular flexibility index (Phi) is 4.36. The van der Waals surface area contributed by atoms with Gasteiger partial charge in [0.1, 0.15) is 6.04 Å². The van der Waals surface area contributed by atoms with E-state index in [2.05, 4.69) is 15.0 Å². The van der Waals surface area contributed by atoms with Crippen LogP contribution in [0.3, 0.4) is 0 Å². The summed E-state index contributed by atoms with van der Waals surface area (Å²) in [6, 6.07) is -0.521. The molecule has 1 saturated heterocycles. The summed E-state index contributed by atoms with van der Waals surface area (Å²) < 4.78 is 5.42. The second-order valence-corrected chi connectivity index (χ2v) is 9.43. The first kappa shape index (κ1) is 18.6. The number of amides is 1. The third kappa shape index (κ3) is 3.30. The molecule has 4 bridgehead atoms. The highest BCUT2D eigenvalue weighted by Crippen LogP contribution is 2.60. The maximum absolute atomic E-state index is 13.6. The Morgan fingerprint density at radius 2 is 1.59 bits per heavy atom. The Balaban J connectivity index is 1.27. The zero-order valence-corrected chi connectivity index (χ0v) is 16.5. The summed E-state index contributed by atoms with van der Waals surface area (Å²) in [7, 11) is 0. The molecule has 156 valence electrons. The Labute approximate surface area is 169 Å². The van der Waals surface area contributed by atoms with Crippen molar-refractivity contribution in [3.63, 3.8) is 0 Å². The van der Waals surface area contributed by atoms with Crippen LogP contribution in [0.1, 0.15) is 57.2 Å². The molecule has 0 spiro atoms. The summed E-state index contributed by atoms with van der Waals surface area (Å²) in [4.78, 5) is 39.8. The number of hydrogen-bond acceptors (Lipinski definition) is 8. The van der Waals surface area contributed by atoms with E-state index in [0.717, 1.165) is 25.7 Å². The molecule has 1 aromatic rings. The first-order valence-corrected chi connectivity index (χ1v) is 10.7. The number of esters is 1. The minimum atomic E-state index is -0.521. The Morgan fingerprint density at radius 3 is 2.17 bits per heavy atom. The smallest absolute Gasteiger partial charge is 0.329 e. The van der Waals surface area contributed by atoms with Gasteiger partial charge in [0.2, 0.25) is 17.8 Å². The van der Waals surface area contributed by atoms with E-state index in [9.17, 15) is 9.59 Å². The number of rotatable bonds is 4. The topological polar surface area (TPSA) is 137 Å². The van der Waals surface area contributed by atoms with Crippen LogP contribution in [0.15, 0.2) is 0 Å². The molecule has 0 unspecified atom stereocenters. The van der Waals surface area contributed by atoms with E-state index in [4.69, 9.17) is 16.2 Å². The van der Waals surface area contributed by atoms with Crippen molar-refractivity contribution in [3.05, 3.63) is 5.82 Å². The van der Waals surface area contributed by atoms with Crippen molar-refractivity contribution in [2.75, 3.05) is 18.0 Å². The van der Waals surface area contributed by atoms with Crippen LogP contribution in [-0.2, 0) is 20.9 Å². The quantitative estimate of drug-likeness (QED) is 0.721. The molecule has 0 aromatic carbocycles. The van der Waals surface area contributed by atoms with Crippen LogP contribution in [0, 0.1) is 23.2 Å². The predicted molar refractivity (Wildman–Crippen MR) is 104 cm³/mol. The fourth-order valence-electron chi connectivity index (χ4n) is 6.69. The maximum atomic E-state index is 13.6. The van der Waals surface area contributed by atoms with Gasteiger partial charge < -0.3 is 21.1 Å². The summed E-state index contributed by atoms with van der Waals surface area (Å²) in [6.07, 6.45) is 8.32. The van der Waals surface area contributed by atoms with E-state index in [-0.39, 0.29) is 35.7 Å². The average Bonchev–Trinajstić information content (AvgIpc) is 3.13. The molecule has 5 fully saturated rings. The van der Waals surface area contributed by atoms with Crippen molar-refractivity contribution in [2.45, 2.75) is 64.0 Å². The molecule has 4 saturated carbocycles. The van der Waals surface area contributed by atoms with Gasteiger partial charge >= 0.3 is 5.97 Å². The van der Waals surface area contributed by atoms with E-state index >= 15 is 0 Å². The van der Waals surface area contributed by atoms with E-state index in [0.29, 0.717) is 30.7 Å². The van der Waals surface area contributed by atoms with Crippen LogP contribution in [0.5, 0.6) is 0 Å². The van der Waals surface area contributed by atoms with Crippen molar-refractivity contribution in [1.82, 2.24) is 19.9 Å². The number of ether oxygens (including phenoxy) is 1. The predicted octanol–water partition coefficient (Wildman–Crippen LogP) is 1.29. The molecule has 2 heterocycles. The fourth-order valence-corrected chi connectivity index (χ4v) is 6.69. The van der Waals surface area contributed by atoms with E-state index in [1.165, 1.54) is 19.3 Å². The van der Waals surface area contributed by atoms with Gasteiger partial charge in [-0.15, -0.1) is 0 Å².